The maximum absolute atomic E-state index is 13.3. The summed E-state index contributed by atoms with van der Waals surface area (Å²) >= 11 is 5.99. The van der Waals surface area contributed by atoms with Crippen molar-refractivity contribution < 1.29 is 14.3 Å². The Morgan fingerprint density at radius 3 is 2.53 bits per heavy atom. The first kappa shape index (κ1) is 19.9. The third-order valence-electron chi connectivity index (χ3n) is 5.11. The van der Waals surface area contributed by atoms with Crippen molar-refractivity contribution in [3.8, 4) is 11.4 Å². The van der Waals surface area contributed by atoms with Crippen molar-refractivity contribution in [2.45, 2.75) is 19.3 Å². The van der Waals surface area contributed by atoms with Crippen molar-refractivity contribution in [3.63, 3.8) is 0 Å². The number of hydrogen-bond donors (Lipinski definition) is 1. The molecule has 0 atom stereocenters. The van der Waals surface area contributed by atoms with Crippen molar-refractivity contribution >= 4 is 29.0 Å². The Kier molecular flexibility index (Phi) is 5.42. The van der Waals surface area contributed by atoms with Crippen LogP contribution in [-0.4, -0.2) is 23.4 Å². The SMILES string of the molecule is COc1ccccc1NC(=O)c1cc2c(n(-c3ccc(Cl)cc3)c1=O)CCCC2=O. The van der Waals surface area contributed by atoms with Crippen LogP contribution in [0.5, 0.6) is 5.75 Å². The lowest BCUT2D eigenvalue weighted by atomic mass is 9.92. The zero-order valence-electron chi connectivity index (χ0n) is 16.3. The van der Waals surface area contributed by atoms with Crippen molar-refractivity contribution in [1.82, 2.24) is 4.57 Å². The number of nitrogens with one attached hydrogen (secondary N) is 1. The molecule has 3 aromatic rings. The number of Topliss-reactive ketones (excluding diaryl/α,β-unsaturated/α-hetero) is 1. The number of rotatable bonds is 4. The number of ketones is 1. The van der Waals surface area contributed by atoms with Crippen molar-refractivity contribution in [2.24, 2.45) is 0 Å². The molecule has 2 aromatic carbocycles. The van der Waals surface area contributed by atoms with E-state index in [-0.39, 0.29) is 11.3 Å². The third-order valence-corrected chi connectivity index (χ3v) is 5.36. The summed E-state index contributed by atoms with van der Waals surface area (Å²) < 4.78 is 6.70. The van der Waals surface area contributed by atoms with Crippen LogP contribution in [0.3, 0.4) is 0 Å². The second-order valence-corrected chi connectivity index (χ2v) is 7.40. The highest BCUT2D eigenvalue weighted by Crippen LogP contribution is 2.26. The number of aromatic nitrogens is 1. The number of anilines is 1. The number of carbonyl (C=O) groups excluding carboxylic acids is 2. The first-order chi connectivity index (χ1) is 14.5. The number of amides is 1. The smallest absolute Gasteiger partial charge is 0.268 e. The number of fused-ring (bicyclic) bond motifs is 1. The van der Waals surface area contributed by atoms with Crippen LogP contribution in [0.4, 0.5) is 5.69 Å². The number of benzene rings is 2. The highest BCUT2D eigenvalue weighted by Gasteiger charge is 2.26. The van der Waals surface area contributed by atoms with E-state index in [2.05, 4.69) is 5.32 Å². The molecule has 1 heterocycles. The van der Waals surface area contributed by atoms with Gasteiger partial charge in [0.2, 0.25) is 0 Å². The van der Waals surface area contributed by atoms with E-state index in [0.717, 1.165) is 0 Å². The summed E-state index contributed by atoms with van der Waals surface area (Å²) in [6, 6.07) is 15.1. The predicted molar refractivity (Wildman–Crippen MR) is 115 cm³/mol. The number of halogens is 1. The summed E-state index contributed by atoms with van der Waals surface area (Å²) in [4.78, 5) is 38.9. The molecule has 1 amide bonds. The van der Waals surface area contributed by atoms with Crippen LogP contribution < -0.4 is 15.6 Å². The largest absolute Gasteiger partial charge is 0.495 e. The number of para-hydroxylation sites is 2. The lowest BCUT2D eigenvalue weighted by Crippen LogP contribution is -2.33. The fourth-order valence-corrected chi connectivity index (χ4v) is 3.78. The van der Waals surface area contributed by atoms with Crippen LogP contribution >= 0.6 is 11.6 Å². The molecule has 4 rings (SSSR count). The molecule has 0 aliphatic heterocycles. The van der Waals surface area contributed by atoms with Gasteiger partial charge in [0.05, 0.1) is 12.8 Å². The van der Waals surface area contributed by atoms with Gasteiger partial charge < -0.3 is 10.1 Å². The molecule has 0 fully saturated rings. The van der Waals surface area contributed by atoms with Gasteiger partial charge in [-0.25, -0.2) is 0 Å². The monoisotopic (exact) mass is 422 g/mol. The maximum atomic E-state index is 13.3. The Bertz CT molecular complexity index is 1200. The second kappa shape index (κ2) is 8.16. The molecule has 1 aliphatic carbocycles. The summed E-state index contributed by atoms with van der Waals surface area (Å²) in [5.41, 5.74) is 1.42. The minimum atomic E-state index is -0.603. The van der Waals surface area contributed by atoms with Crippen LogP contribution in [0.15, 0.2) is 59.4 Å². The van der Waals surface area contributed by atoms with E-state index in [1.807, 2.05) is 0 Å². The van der Waals surface area contributed by atoms with E-state index in [1.54, 1.807) is 48.5 Å². The van der Waals surface area contributed by atoms with Crippen molar-refractivity contribution in [3.05, 3.63) is 86.8 Å². The molecule has 0 saturated heterocycles. The summed E-state index contributed by atoms with van der Waals surface area (Å²) in [5, 5.41) is 3.25. The molecule has 0 spiro atoms. The highest BCUT2D eigenvalue weighted by atomic mass is 35.5. The average Bonchev–Trinajstić information content (AvgIpc) is 2.75. The number of ether oxygens (including phenoxy) is 1. The third kappa shape index (κ3) is 3.62. The summed E-state index contributed by atoms with van der Waals surface area (Å²) in [5.74, 6) is -0.211. The zero-order valence-corrected chi connectivity index (χ0v) is 17.0. The molecule has 0 unspecified atom stereocenters. The second-order valence-electron chi connectivity index (χ2n) is 6.97. The number of methoxy groups -OCH3 is 1. The molecule has 6 nitrogen and oxygen atoms in total. The van der Waals surface area contributed by atoms with Gasteiger partial charge in [-0.05, 0) is 55.3 Å². The Labute approximate surface area is 178 Å². The molecule has 0 radical (unpaired) electrons. The van der Waals surface area contributed by atoms with Crippen molar-refractivity contribution in [1.29, 1.82) is 0 Å². The van der Waals surface area contributed by atoms with Crippen LogP contribution in [0.2, 0.25) is 5.02 Å². The van der Waals surface area contributed by atoms with Gasteiger partial charge >= 0.3 is 0 Å². The number of hydrogen-bond acceptors (Lipinski definition) is 4. The lowest BCUT2D eigenvalue weighted by molar-refractivity contribution is 0.0971. The molecule has 30 heavy (non-hydrogen) atoms. The maximum Gasteiger partial charge on any atom is 0.268 e. The van der Waals surface area contributed by atoms with Crippen LogP contribution in [0.25, 0.3) is 5.69 Å². The average molecular weight is 423 g/mol. The molecule has 1 aliphatic rings. The molecule has 1 aromatic heterocycles. The van der Waals surface area contributed by atoms with E-state index in [1.165, 1.54) is 17.7 Å². The fraction of sp³-hybridized carbons (Fsp3) is 0.174. The Hall–Kier alpha value is -3.38. The van der Waals surface area contributed by atoms with E-state index >= 15 is 0 Å². The minimum absolute atomic E-state index is 0.0784. The Morgan fingerprint density at radius 2 is 1.80 bits per heavy atom. The molecule has 7 heteroatoms. The van der Waals surface area contributed by atoms with Gasteiger partial charge in [-0.3, -0.25) is 19.0 Å². The molecule has 1 N–H and O–H groups in total. The van der Waals surface area contributed by atoms with Crippen LogP contribution in [0, 0.1) is 0 Å². The minimum Gasteiger partial charge on any atom is -0.495 e. The van der Waals surface area contributed by atoms with Gasteiger partial charge in [0, 0.05) is 28.4 Å². The van der Waals surface area contributed by atoms with Gasteiger partial charge in [-0.15, -0.1) is 0 Å². The van der Waals surface area contributed by atoms with Gasteiger partial charge in [0.15, 0.2) is 5.78 Å². The highest BCUT2D eigenvalue weighted by molar-refractivity contribution is 6.30. The molecule has 0 saturated carbocycles. The Balaban J connectivity index is 1.86. The first-order valence-corrected chi connectivity index (χ1v) is 9.90. The van der Waals surface area contributed by atoms with Gasteiger partial charge in [-0.1, -0.05) is 23.7 Å². The van der Waals surface area contributed by atoms with Gasteiger partial charge in [0.25, 0.3) is 11.5 Å². The van der Waals surface area contributed by atoms with E-state index in [4.69, 9.17) is 16.3 Å². The van der Waals surface area contributed by atoms with Gasteiger partial charge in [-0.2, -0.15) is 0 Å². The van der Waals surface area contributed by atoms with Crippen molar-refractivity contribution in [2.75, 3.05) is 12.4 Å². The number of nitrogens with zero attached hydrogens (tertiary/aromatic N) is 1. The summed E-state index contributed by atoms with van der Waals surface area (Å²) in [7, 11) is 1.50. The predicted octanol–water partition coefficient (Wildman–Crippen LogP) is 4.27. The molecular weight excluding hydrogens is 404 g/mol. The summed E-state index contributed by atoms with van der Waals surface area (Å²) in [6.07, 6.45) is 1.62. The van der Waals surface area contributed by atoms with E-state index in [9.17, 15) is 14.4 Å². The molecule has 152 valence electrons. The molecular formula is C23H19ClN2O4. The fourth-order valence-electron chi connectivity index (χ4n) is 3.66. The van der Waals surface area contributed by atoms with E-state index in [0.29, 0.717) is 52.7 Å². The normalized spacial score (nSPS) is 12.9. The number of pyridine rings is 1. The quantitative estimate of drug-likeness (QED) is 0.681. The standard InChI is InChI=1S/C23H19ClN2O4/c1-30-21-8-3-2-5-18(21)25-22(28)17-13-16-19(6-4-7-20(16)27)26(23(17)29)15-11-9-14(24)10-12-15/h2-3,5,8-13H,4,6-7H2,1H3,(H,25,28). The summed E-state index contributed by atoms with van der Waals surface area (Å²) in [6.45, 7) is 0. The Morgan fingerprint density at radius 1 is 1.07 bits per heavy atom. The number of carbonyl (C=O) groups is 2. The van der Waals surface area contributed by atoms with Gasteiger partial charge in [0.1, 0.15) is 11.3 Å². The first-order valence-electron chi connectivity index (χ1n) is 9.52. The van der Waals surface area contributed by atoms with Crippen LogP contribution in [0.1, 0.15) is 39.3 Å². The van der Waals surface area contributed by atoms with E-state index < -0.39 is 11.5 Å². The van der Waals surface area contributed by atoms with Crippen LogP contribution in [-0.2, 0) is 6.42 Å². The topological polar surface area (TPSA) is 77.4 Å². The molecule has 0 bridgehead atoms. The zero-order chi connectivity index (χ0) is 21.3. The lowest BCUT2D eigenvalue weighted by Gasteiger charge is -2.22.